The first kappa shape index (κ1) is 7.87. The van der Waals surface area contributed by atoms with Crippen LogP contribution < -0.4 is 0 Å². The van der Waals surface area contributed by atoms with Gasteiger partial charge in [0.1, 0.15) is 0 Å². The van der Waals surface area contributed by atoms with Crippen molar-refractivity contribution in [2.75, 3.05) is 0 Å². The van der Waals surface area contributed by atoms with Crippen molar-refractivity contribution in [2.45, 2.75) is 6.42 Å². The summed E-state index contributed by atoms with van der Waals surface area (Å²) in [7, 11) is 0. The molecule has 11 heavy (non-hydrogen) atoms. The maximum absolute atomic E-state index is 10.0. The second-order valence-corrected chi connectivity index (χ2v) is 2.60. The molecular weight excluding hydrogens is 164 g/mol. The SMILES string of the molecule is O=C(O)CC=Nc1nccs1. The van der Waals surface area contributed by atoms with Crippen LogP contribution in [0.4, 0.5) is 5.13 Å². The molecule has 0 amide bonds. The van der Waals surface area contributed by atoms with Crippen LogP contribution in [0.3, 0.4) is 0 Å². The van der Waals surface area contributed by atoms with Crippen molar-refractivity contribution in [3.05, 3.63) is 11.6 Å². The molecule has 4 nitrogen and oxygen atoms in total. The Bertz CT molecular complexity index is 256. The lowest BCUT2D eigenvalue weighted by Crippen LogP contribution is -1.93. The summed E-state index contributed by atoms with van der Waals surface area (Å²) in [6.45, 7) is 0. The molecule has 1 aromatic heterocycles. The molecule has 0 aromatic carbocycles. The Morgan fingerprint density at radius 1 is 1.91 bits per heavy atom. The predicted octanol–water partition coefficient (Wildman–Crippen LogP) is 1.32. The first-order valence-corrected chi connectivity index (χ1v) is 3.81. The number of hydrogen-bond donors (Lipinski definition) is 1. The Morgan fingerprint density at radius 2 is 2.73 bits per heavy atom. The van der Waals surface area contributed by atoms with E-state index in [1.54, 1.807) is 11.6 Å². The van der Waals surface area contributed by atoms with Crippen LogP contribution in [0.2, 0.25) is 0 Å². The molecule has 0 saturated heterocycles. The third kappa shape index (κ3) is 2.90. The van der Waals surface area contributed by atoms with E-state index in [-0.39, 0.29) is 6.42 Å². The highest BCUT2D eigenvalue weighted by atomic mass is 32.1. The number of rotatable bonds is 3. The smallest absolute Gasteiger partial charge is 0.308 e. The molecule has 0 radical (unpaired) electrons. The minimum Gasteiger partial charge on any atom is -0.481 e. The summed E-state index contributed by atoms with van der Waals surface area (Å²) < 4.78 is 0. The molecule has 0 saturated carbocycles. The van der Waals surface area contributed by atoms with Gasteiger partial charge in [-0.15, -0.1) is 11.3 Å². The van der Waals surface area contributed by atoms with Crippen LogP contribution in [0.5, 0.6) is 0 Å². The fourth-order valence-corrected chi connectivity index (χ4v) is 0.982. The maximum Gasteiger partial charge on any atom is 0.308 e. The lowest BCUT2D eigenvalue weighted by atomic mass is 10.5. The number of aliphatic carboxylic acids is 1. The zero-order valence-electron chi connectivity index (χ0n) is 5.60. The third-order valence-corrected chi connectivity index (χ3v) is 1.57. The first-order valence-electron chi connectivity index (χ1n) is 2.93. The van der Waals surface area contributed by atoms with E-state index in [1.807, 2.05) is 0 Å². The fraction of sp³-hybridized carbons (Fsp3) is 0.167. The molecule has 0 aliphatic carbocycles. The minimum absolute atomic E-state index is 0.0560. The van der Waals surface area contributed by atoms with Crippen LogP contribution >= 0.6 is 11.3 Å². The summed E-state index contributed by atoms with van der Waals surface area (Å²) >= 11 is 1.37. The molecule has 0 unspecified atom stereocenters. The molecule has 58 valence electrons. The molecule has 0 aliphatic heterocycles. The molecule has 1 aromatic rings. The van der Waals surface area contributed by atoms with Gasteiger partial charge < -0.3 is 5.11 Å². The van der Waals surface area contributed by atoms with E-state index in [0.717, 1.165) is 0 Å². The van der Waals surface area contributed by atoms with Crippen molar-refractivity contribution in [3.8, 4) is 0 Å². The van der Waals surface area contributed by atoms with Gasteiger partial charge in [-0.25, -0.2) is 9.98 Å². The lowest BCUT2D eigenvalue weighted by molar-refractivity contribution is -0.135. The first-order chi connectivity index (χ1) is 5.29. The summed E-state index contributed by atoms with van der Waals surface area (Å²) in [4.78, 5) is 17.7. The van der Waals surface area contributed by atoms with Crippen molar-refractivity contribution in [3.63, 3.8) is 0 Å². The predicted molar refractivity (Wildman–Crippen MR) is 42.5 cm³/mol. The van der Waals surface area contributed by atoms with E-state index < -0.39 is 5.97 Å². The summed E-state index contributed by atoms with van der Waals surface area (Å²) in [5.41, 5.74) is 0. The van der Waals surface area contributed by atoms with E-state index in [9.17, 15) is 4.79 Å². The fourth-order valence-electron chi connectivity index (χ4n) is 0.481. The van der Waals surface area contributed by atoms with Gasteiger partial charge in [-0.05, 0) is 0 Å². The van der Waals surface area contributed by atoms with Gasteiger partial charge in [-0.3, -0.25) is 4.79 Å². The molecule has 1 heterocycles. The number of carboxylic acids is 1. The Kier molecular flexibility index (Phi) is 2.74. The topological polar surface area (TPSA) is 62.5 Å². The third-order valence-electron chi connectivity index (χ3n) is 0.887. The molecule has 0 atom stereocenters. The number of carboxylic acid groups (broad SMARTS) is 1. The molecule has 0 fully saturated rings. The van der Waals surface area contributed by atoms with E-state index in [1.165, 1.54) is 17.6 Å². The van der Waals surface area contributed by atoms with Gasteiger partial charge in [-0.1, -0.05) is 0 Å². The summed E-state index contributed by atoms with van der Waals surface area (Å²) in [5.74, 6) is -0.884. The van der Waals surface area contributed by atoms with Crippen molar-refractivity contribution in [1.82, 2.24) is 4.98 Å². The Labute approximate surface area is 67.2 Å². The summed E-state index contributed by atoms with van der Waals surface area (Å²) in [5, 5.41) is 10.6. The number of carbonyl (C=O) groups is 1. The second-order valence-electron chi connectivity index (χ2n) is 1.72. The number of hydrogen-bond acceptors (Lipinski definition) is 4. The molecule has 0 bridgehead atoms. The summed E-state index contributed by atoms with van der Waals surface area (Å²) in [6, 6.07) is 0. The molecule has 0 spiro atoms. The van der Waals surface area contributed by atoms with Crippen LogP contribution in [0.15, 0.2) is 16.6 Å². The zero-order chi connectivity index (χ0) is 8.10. The highest BCUT2D eigenvalue weighted by molar-refractivity contribution is 7.13. The number of thiazole rings is 1. The lowest BCUT2D eigenvalue weighted by Gasteiger charge is -1.81. The highest BCUT2D eigenvalue weighted by Gasteiger charge is 1.91. The van der Waals surface area contributed by atoms with Crippen molar-refractivity contribution >= 4 is 28.7 Å². The summed E-state index contributed by atoms with van der Waals surface area (Å²) in [6.07, 6.45) is 2.90. The second kappa shape index (κ2) is 3.82. The van der Waals surface area contributed by atoms with E-state index in [0.29, 0.717) is 5.13 Å². The molecule has 5 heteroatoms. The quantitative estimate of drug-likeness (QED) is 0.696. The molecular formula is C6H6N2O2S. The van der Waals surface area contributed by atoms with Gasteiger partial charge in [0.05, 0.1) is 6.42 Å². The van der Waals surface area contributed by atoms with Crippen molar-refractivity contribution < 1.29 is 9.90 Å². The monoisotopic (exact) mass is 170 g/mol. The van der Waals surface area contributed by atoms with E-state index in [4.69, 9.17) is 5.11 Å². The largest absolute Gasteiger partial charge is 0.481 e. The van der Waals surface area contributed by atoms with E-state index in [2.05, 4.69) is 9.98 Å². The Balaban J connectivity index is 2.43. The van der Waals surface area contributed by atoms with Crippen LogP contribution in [-0.2, 0) is 4.79 Å². The van der Waals surface area contributed by atoms with Gasteiger partial charge in [0.25, 0.3) is 0 Å². The number of aromatic nitrogens is 1. The Hall–Kier alpha value is -1.23. The van der Waals surface area contributed by atoms with E-state index >= 15 is 0 Å². The van der Waals surface area contributed by atoms with Crippen LogP contribution in [0.1, 0.15) is 6.42 Å². The van der Waals surface area contributed by atoms with Crippen LogP contribution in [0, 0.1) is 0 Å². The minimum atomic E-state index is -0.884. The van der Waals surface area contributed by atoms with Crippen molar-refractivity contribution in [1.29, 1.82) is 0 Å². The van der Waals surface area contributed by atoms with Crippen LogP contribution in [0.25, 0.3) is 0 Å². The maximum atomic E-state index is 10.0. The zero-order valence-corrected chi connectivity index (χ0v) is 6.41. The molecule has 0 aliphatic rings. The van der Waals surface area contributed by atoms with Gasteiger partial charge in [0, 0.05) is 17.8 Å². The van der Waals surface area contributed by atoms with Gasteiger partial charge in [-0.2, -0.15) is 0 Å². The number of nitrogens with zero attached hydrogens (tertiary/aromatic N) is 2. The normalized spacial score (nSPS) is 10.5. The number of aliphatic imine (C=N–C) groups is 1. The van der Waals surface area contributed by atoms with Crippen molar-refractivity contribution in [2.24, 2.45) is 4.99 Å². The highest BCUT2D eigenvalue weighted by Crippen LogP contribution is 2.13. The standard InChI is InChI=1S/C6H6N2O2S/c9-5(10)1-2-7-6-8-3-4-11-6/h2-4H,1H2,(H,9,10). The molecule has 1 rings (SSSR count). The average Bonchev–Trinajstić information content (AvgIpc) is 2.39. The molecule has 1 N–H and O–H groups in total. The Morgan fingerprint density at radius 3 is 3.27 bits per heavy atom. The average molecular weight is 170 g/mol. The van der Waals surface area contributed by atoms with Gasteiger partial charge in [0.2, 0.25) is 5.13 Å². The van der Waals surface area contributed by atoms with Gasteiger partial charge >= 0.3 is 5.97 Å². The van der Waals surface area contributed by atoms with Gasteiger partial charge in [0.15, 0.2) is 0 Å². The van der Waals surface area contributed by atoms with Crippen LogP contribution in [-0.4, -0.2) is 22.3 Å².